The molecule has 0 radical (unpaired) electrons. The largest absolute Gasteiger partial charge is 0.388 e. The summed E-state index contributed by atoms with van der Waals surface area (Å²) in [6.07, 6.45) is 0. The van der Waals surface area contributed by atoms with Crippen LogP contribution in [-0.2, 0) is 0 Å². The summed E-state index contributed by atoms with van der Waals surface area (Å²) in [7, 11) is 1.92. The standard InChI is InChI=1S/C13H12ClNS/c1-15-11-5-7-12(8-6-11)16-13-4-2-3-10(14)9-13/h2-9,15H,1H3. The van der Waals surface area contributed by atoms with Crippen LogP contribution < -0.4 is 5.32 Å². The molecule has 0 aliphatic heterocycles. The Morgan fingerprint density at radius 3 is 2.38 bits per heavy atom. The quantitative estimate of drug-likeness (QED) is 0.858. The van der Waals surface area contributed by atoms with Gasteiger partial charge in [0.25, 0.3) is 0 Å². The lowest BCUT2D eigenvalue weighted by atomic mass is 10.3. The minimum atomic E-state index is 0.775. The lowest BCUT2D eigenvalue weighted by Gasteiger charge is -2.04. The van der Waals surface area contributed by atoms with Crippen molar-refractivity contribution in [1.82, 2.24) is 0 Å². The highest BCUT2D eigenvalue weighted by atomic mass is 35.5. The second-order valence-corrected chi connectivity index (χ2v) is 4.92. The average molecular weight is 250 g/mol. The van der Waals surface area contributed by atoms with Crippen LogP contribution in [0.15, 0.2) is 58.3 Å². The van der Waals surface area contributed by atoms with E-state index in [4.69, 9.17) is 11.6 Å². The minimum Gasteiger partial charge on any atom is -0.388 e. The molecule has 0 aliphatic rings. The lowest BCUT2D eigenvalue weighted by molar-refractivity contribution is 1.39. The van der Waals surface area contributed by atoms with Gasteiger partial charge in [0.05, 0.1) is 0 Å². The van der Waals surface area contributed by atoms with Gasteiger partial charge < -0.3 is 5.32 Å². The number of rotatable bonds is 3. The van der Waals surface area contributed by atoms with E-state index < -0.39 is 0 Å². The van der Waals surface area contributed by atoms with Crippen molar-refractivity contribution in [2.45, 2.75) is 9.79 Å². The van der Waals surface area contributed by atoms with Crippen molar-refractivity contribution < 1.29 is 0 Å². The van der Waals surface area contributed by atoms with E-state index in [-0.39, 0.29) is 0 Å². The van der Waals surface area contributed by atoms with Crippen LogP contribution in [0.2, 0.25) is 5.02 Å². The van der Waals surface area contributed by atoms with Crippen LogP contribution >= 0.6 is 23.4 Å². The lowest BCUT2D eigenvalue weighted by Crippen LogP contribution is -1.86. The van der Waals surface area contributed by atoms with E-state index in [0.717, 1.165) is 15.6 Å². The summed E-state index contributed by atoms with van der Waals surface area (Å²) in [5, 5.41) is 3.87. The van der Waals surface area contributed by atoms with Gasteiger partial charge in [-0.3, -0.25) is 0 Å². The Labute approximate surface area is 105 Å². The second kappa shape index (κ2) is 5.28. The van der Waals surface area contributed by atoms with Crippen LogP contribution in [0.5, 0.6) is 0 Å². The average Bonchev–Trinajstić information content (AvgIpc) is 2.30. The molecule has 0 amide bonds. The fourth-order valence-electron chi connectivity index (χ4n) is 1.36. The van der Waals surface area contributed by atoms with Gasteiger partial charge in [0.2, 0.25) is 0 Å². The third-order valence-electron chi connectivity index (χ3n) is 2.17. The summed E-state index contributed by atoms with van der Waals surface area (Å²) in [6, 6.07) is 16.2. The van der Waals surface area contributed by atoms with Gasteiger partial charge in [0.15, 0.2) is 0 Å². The van der Waals surface area contributed by atoms with Crippen molar-refractivity contribution in [3.05, 3.63) is 53.6 Å². The maximum atomic E-state index is 5.94. The molecule has 2 aromatic carbocycles. The molecule has 0 atom stereocenters. The number of benzene rings is 2. The zero-order valence-corrected chi connectivity index (χ0v) is 10.5. The zero-order chi connectivity index (χ0) is 11.4. The summed E-state index contributed by atoms with van der Waals surface area (Å²) in [5.41, 5.74) is 1.12. The maximum Gasteiger partial charge on any atom is 0.0417 e. The highest BCUT2D eigenvalue weighted by Crippen LogP contribution is 2.29. The molecule has 16 heavy (non-hydrogen) atoms. The van der Waals surface area contributed by atoms with Gasteiger partial charge in [-0.2, -0.15) is 0 Å². The zero-order valence-electron chi connectivity index (χ0n) is 8.91. The highest BCUT2D eigenvalue weighted by molar-refractivity contribution is 7.99. The van der Waals surface area contributed by atoms with E-state index in [2.05, 4.69) is 35.6 Å². The van der Waals surface area contributed by atoms with Crippen molar-refractivity contribution in [3.63, 3.8) is 0 Å². The first-order valence-corrected chi connectivity index (χ1v) is 6.18. The molecular weight excluding hydrogens is 238 g/mol. The fraction of sp³-hybridized carbons (Fsp3) is 0.0769. The molecule has 2 rings (SSSR count). The third-order valence-corrected chi connectivity index (χ3v) is 3.41. The Balaban J connectivity index is 2.14. The summed E-state index contributed by atoms with van der Waals surface area (Å²) in [5.74, 6) is 0. The number of hydrogen-bond donors (Lipinski definition) is 1. The van der Waals surface area contributed by atoms with Gasteiger partial charge in [0, 0.05) is 27.5 Å². The van der Waals surface area contributed by atoms with Crippen molar-refractivity contribution in [3.8, 4) is 0 Å². The molecule has 0 saturated carbocycles. The SMILES string of the molecule is CNc1ccc(Sc2cccc(Cl)c2)cc1. The van der Waals surface area contributed by atoms with Gasteiger partial charge in [-0.05, 0) is 42.5 Å². The molecule has 3 heteroatoms. The normalized spacial score (nSPS) is 10.1. The first-order chi connectivity index (χ1) is 7.78. The number of anilines is 1. The maximum absolute atomic E-state index is 5.94. The second-order valence-electron chi connectivity index (χ2n) is 3.33. The molecule has 1 N–H and O–H groups in total. The first-order valence-electron chi connectivity index (χ1n) is 4.99. The first kappa shape index (κ1) is 11.4. The Kier molecular flexibility index (Phi) is 3.75. The van der Waals surface area contributed by atoms with Crippen LogP contribution in [0.4, 0.5) is 5.69 Å². The molecule has 82 valence electrons. The molecule has 0 aliphatic carbocycles. The summed E-state index contributed by atoms with van der Waals surface area (Å²) >= 11 is 7.64. The number of nitrogens with one attached hydrogen (secondary N) is 1. The Bertz CT molecular complexity index is 468. The molecule has 0 spiro atoms. The van der Waals surface area contributed by atoms with Gasteiger partial charge in [-0.15, -0.1) is 0 Å². The molecule has 0 unspecified atom stereocenters. The predicted molar refractivity (Wildman–Crippen MR) is 71.6 cm³/mol. The molecule has 0 fully saturated rings. The van der Waals surface area contributed by atoms with Gasteiger partial charge in [-0.25, -0.2) is 0 Å². The van der Waals surface area contributed by atoms with E-state index in [1.54, 1.807) is 11.8 Å². The summed E-state index contributed by atoms with van der Waals surface area (Å²) < 4.78 is 0. The van der Waals surface area contributed by atoms with Gasteiger partial charge in [0.1, 0.15) is 0 Å². The number of hydrogen-bond acceptors (Lipinski definition) is 2. The highest BCUT2D eigenvalue weighted by Gasteiger charge is 1.98. The molecule has 2 aromatic rings. The van der Waals surface area contributed by atoms with E-state index in [0.29, 0.717) is 0 Å². The molecular formula is C13H12ClNS. The Morgan fingerprint density at radius 1 is 1.00 bits per heavy atom. The molecule has 1 nitrogen and oxygen atoms in total. The van der Waals surface area contributed by atoms with Crippen LogP contribution in [0, 0.1) is 0 Å². The van der Waals surface area contributed by atoms with E-state index in [1.165, 1.54) is 4.90 Å². The van der Waals surface area contributed by atoms with E-state index >= 15 is 0 Å². The topological polar surface area (TPSA) is 12.0 Å². The fourth-order valence-corrected chi connectivity index (χ4v) is 2.49. The molecule has 0 aromatic heterocycles. The molecule has 0 heterocycles. The third kappa shape index (κ3) is 2.94. The van der Waals surface area contributed by atoms with E-state index in [1.807, 2.05) is 25.2 Å². The number of halogens is 1. The van der Waals surface area contributed by atoms with Crippen LogP contribution in [0.3, 0.4) is 0 Å². The summed E-state index contributed by atoms with van der Waals surface area (Å²) in [6.45, 7) is 0. The van der Waals surface area contributed by atoms with Gasteiger partial charge in [-0.1, -0.05) is 29.4 Å². The monoisotopic (exact) mass is 249 g/mol. The molecule has 0 bridgehead atoms. The van der Waals surface area contributed by atoms with Crippen LogP contribution in [0.1, 0.15) is 0 Å². The van der Waals surface area contributed by atoms with Crippen LogP contribution in [-0.4, -0.2) is 7.05 Å². The molecule has 0 saturated heterocycles. The van der Waals surface area contributed by atoms with Crippen molar-refractivity contribution >= 4 is 29.1 Å². The Hall–Kier alpha value is -1.12. The van der Waals surface area contributed by atoms with Gasteiger partial charge >= 0.3 is 0 Å². The van der Waals surface area contributed by atoms with Crippen LogP contribution in [0.25, 0.3) is 0 Å². The summed E-state index contributed by atoms with van der Waals surface area (Å²) in [4.78, 5) is 2.37. The Morgan fingerprint density at radius 2 is 1.75 bits per heavy atom. The van der Waals surface area contributed by atoms with Crippen molar-refractivity contribution in [1.29, 1.82) is 0 Å². The van der Waals surface area contributed by atoms with E-state index in [9.17, 15) is 0 Å². The van der Waals surface area contributed by atoms with Crippen molar-refractivity contribution in [2.24, 2.45) is 0 Å². The predicted octanol–water partition coefficient (Wildman–Crippen LogP) is 4.53. The van der Waals surface area contributed by atoms with Crippen molar-refractivity contribution in [2.75, 3.05) is 12.4 Å². The minimum absolute atomic E-state index is 0.775. The smallest absolute Gasteiger partial charge is 0.0417 e.